The summed E-state index contributed by atoms with van der Waals surface area (Å²) in [5.41, 5.74) is 1.01. The monoisotopic (exact) mass is 274 g/mol. The normalized spacial score (nSPS) is 9.95. The van der Waals surface area contributed by atoms with Crippen molar-refractivity contribution in [1.29, 1.82) is 0 Å². The first-order valence-electron chi connectivity index (χ1n) is 6.25. The van der Waals surface area contributed by atoms with Crippen LogP contribution in [-0.2, 0) is 6.61 Å². The van der Waals surface area contributed by atoms with Crippen molar-refractivity contribution in [3.05, 3.63) is 42.1 Å². The van der Waals surface area contributed by atoms with E-state index in [4.69, 9.17) is 14.2 Å². The Hall–Kier alpha value is -2.43. The van der Waals surface area contributed by atoms with Crippen LogP contribution in [0.25, 0.3) is 0 Å². The number of aromatic nitrogens is 1. The molecule has 5 heteroatoms. The minimum absolute atomic E-state index is 0.411. The number of nitrogens with zero attached hydrogens (tertiary/aromatic N) is 1. The van der Waals surface area contributed by atoms with Crippen molar-refractivity contribution < 1.29 is 14.2 Å². The maximum atomic E-state index is 5.83. The molecule has 1 aromatic heterocycles. The standard InChI is InChI=1S/C15H18N2O3/c1-16-14-9-11(7-8-17-14)10-20-15-12(18-2)5-4-6-13(15)19-3/h4-9H,10H2,1-3H3,(H,16,17). The third-order valence-electron chi connectivity index (χ3n) is 2.85. The second-order valence-electron chi connectivity index (χ2n) is 4.08. The highest BCUT2D eigenvalue weighted by atomic mass is 16.5. The number of methoxy groups -OCH3 is 2. The van der Waals surface area contributed by atoms with Gasteiger partial charge < -0.3 is 19.5 Å². The maximum absolute atomic E-state index is 5.83. The van der Waals surface area contributed by atoms with Gasteiger partial charge in [0.05, 0.1) is 14.2 Å². The van der Waals surface area contributed by atoms with Crippen molar-refractivity contribution in [2.75, 3.05) is 26.6 Å². The molecule has 5 nitrogen and oxygen atoms in total. The van der Waals surface area contributed by atoms with Gasteiger partial charge in [0, 0.05) is 13.2 Å². The highest BCUT2D eigenvalue weighted by Gasteiger charge is 2.11. The van der Waals surface area contributed by atoms with Crippen LogP contribution in [0.5, 0.6) is 17.2 Å². The van der Waals surface area contributed by atoms with Crippen LogP contribution in [0.3, 0.4) is 0 Å². The third kappa shape index (κ3) is 3.12. The number of nitrogens with one attached hydrogen (secondary N) is 1. The quantitative estimate of drug-likeness (QED) is 0.877. The Morgan fingerprint density at radius 2 is 1.80 bits per heavy atom. The van der Waals surface area contributed by atoms with Crippen molar-refractivity contribution >= 4 is 5.82 Å². The van der Waals surface area contributed by atoms with E-state index in [0.29, 0.717) is 23.9 Å². The van der Waals surface area contributed by atoms with E-state index in [-0.39, 0.29) is 0 Å². The largest absolute Gasteiger partial charge is 0.493 e. The Bertz CT molecular complexity index is 551. The fourth-order valence-corrected chi connectivity index (χ4v) is 1.82. The van der Waals surface area contributed by atoms with Crippen LogP contribution < -0.4 is 19.5 Å². The molecule has 0 spiro atoms. The summed E-state index contributed by atoms with van der Waals surface area (Å²) >= 11 is 0. The van der Waals surface area contributed by atoms with Gasteiger partial charge in [-0.3, -0.25) is 0 Å². The first-order chi connectivity index (χ1) is 9.78. The van der Waals surface area contributed by atoms with Gasteiger partial charge in [0.1, 0.15) is 12.4 Å². The number of hydrogen-bond acceptors (Lipinski definition) is 5. The molecule has 2 aromatic rings. The van der Waals surface area contributed by atoms with E-state index in [2.05, 4.69) is 10.3 Å². The minimum atomic E-state index is 0.411. The number of anilines is 1. The first kappa shape index (κ1) is 14.0. The Balaban J connectivity index is 2.17. The molecule has 1 N–H and O–H groups in total. The van der Waals surface area contributed by atoms with Gasteiger partial charge in [-0.15, -0.1) is 0 Å². The average molecular weight is 274 g/mol. The van der Waals surface area contributed by atoms with Crippen LogP contribution in [-0.4, -0.2) is 26.3 Å². The molecule has 0 atom stereocenters. The molecule has 0 saturated carbocycles. The second kappa shape index (κ2) is 6.65. The van der Waals surface area contributed by atoms with Crippen molar-refractivity contribution in [1.82, 2.24) is 4.98 Å². The van der Waals surface area contributed by atoms with Crippen molar-refractivity contribution in [3.8, 4) is 17.2 Å². The van der Waals surface area contributed by atoms with E-state index in [9.17, 15) is 0 Å². The molecule has 0 aliphatic heterocycles. The predicted octanol–water partition coefficient (Wildman–Crippen LogP) is 2.72. The predicted molar refractivity (Wildman–Crippen MR) is 77.7 cm³/mol. The Morgan fingerprint density at radius 3 is 2.40 bits per heavy atom. The Labute approximate surface area is 118 Å². The van der Waals surface area contributed by atoms with Gasteiger partial charge in [0.2, 0.25) is 5.75 Å². The molecule has 0 amide bonds. The topological polar surface area (TPSA) is 52.6 Å². The van der Waals surface area contributed by atoms with Gasteiger partial charge in [0.25, 0.3) is 0 Å². The zero-order valence-electron chi connectivity index (χ0n) is 11.8. The van der Waals surface area contributed by atoms with Crippen LogP contribution in [0.15, 0.2) is 36.5 Å². The fourth-order valence-electron chi connectivity index (χ4n) is 1.82. The molecule has 0 radical (unpaired) electrons. The maximum Gasteiger partial charge on any atom is 0.203 e. The lowest BCUT2D eigenvalue weighted by Crippen LogP contribution is -2.01. The van der Waals surface area contributed by atoms with Gasteiger partial charge in [-0.25, -0.2) is 4.98 Å². The third-order valence-corrected chi connectivity index (χ3v) is 2.85. The first-order valence-corrected chi connectivity index (χ1v) is 6.25. The summed E-state index contributed by atoms with van der Waals surface area (Å²) in [6.07, 6.45) is 1.74. The van der Waals surface area contributed by atoms with Gasteiger partial charge in [-0.2, -0.15) is 0 Å². The van der Waals surface area contributed by atoms with Crippen LogP contribution >= 0.6 is 0 Å². The van der Waals surface area contributed by atoms with E-state index >= 15 is 0 Å². The number of benzene rings is 1. The van der Waals surface area contributed by atoms with Gasteiger partial charge in [0.15, 0.2) is 11.5 Å². The van der Waals surface area contributed by atoms with Gasteiger partial charge in [-0.05, 0) is 29.8 Å². The molecule has 0 saturated heterocycles. The molecule has 2 rings (SSSR count). The van der Waals surface area contributed by atoms with Gasteiger partial charge in [-0.1, -0.05) is 6.07 Å². The molecule has 0 aliphatic rings. The molecular weight excluding hydrogens is 256 g/mol. The van der Waals surface area contributed by atoms with Crippen LogP contribution in [0.4, 0.5) is 5.82 Å². The Kier molecular flexibility index (Phi) is 4.65. The van der Waals surface area contributed by atoms with E-state index in [1.807, 2.05) is 37.4 Å². The molecule has 1 aromatic carbocycles. The highest BCUT2D eigenvalue weighted by Crippen LogP contribution is 2.37. The number of rotatable bonds is 6. The van der Waals surface area contributed by atoms with E-state index < -0.39 is 0 Å². The smallest absolute Gasteiger partial charge is 0.203 e. The Morgan fingerprint density at radius 1 is 1.10 bits per heavy atom. The summed E-state index contributed by atoms with van der Waals surface area (Å²) in [5.74, 6) is 2.69. The molecular formula is C15H18N2O3. The summed E-state index contributed by atoms with van der Waals surface area (Å²) in [5, 5.41) is 2.99. The summed E-state index contributed by atoms with van der Waals surface area (Å²) < 4.78 is 16.4. The van der Waals surface area contributed by atoms with E-state index in [1.54, 1.807) is 20.4 Å². The summed E-state index contributed by atoms with van der Waals surface area (Å²) in [6, 6.07) is 9.37. The summed E-state index contributed by atoms with van der Waals surface area (Å²) in [4.78, 5) is 4.16. The molecule has 0 unspecified atom stereocenters. The number of ether oxygens (including phenoxy) is 3. The molecule has 106 valence electrons. The molecule has 1 heterocycles. The zero-order chi connectivity index (χ0) is 14.4. The number of para-hydroxylation sites is 1. The average Bonchev–Trinajstić information content (AvgIpc) is 2.52. The van der Waals surface area contributed by atoms with Crippen LogP contribution in [0.2, 0.25) is 0 Å². The molecule has 0 fully saturated rings. The second-order valence-corrected chi connectivity index (χ2v) is 4.08. The minimum Gasteiger partial charge on any atom is -0.493 e. The van der Waals surface area contributed by atoms with Crippen LogP contribution in [0.1, 0.15) is 5.56 Å². The molecule has 0 aliphatic carbocycles. The molecule has 20 heavy (non-hydrogen) atoms. The number of pyridine rings is 1. The summed E-state index contributed by atoms with van der Waals surface area (Å²) in [6.45, 7) is 0.411. The summed E-state index contributed by atoms with van der Waals surface area (Å²) in [7, 11) is 5.04. The van der Waals surface area contributed by atoms with Crippen molar-refractivity contribution in [2.24, 2.45) is 0 Å². The fraction of sp³-hybridized carbons (Fsp3) is 0.267. The lowest BCUT2D eigenvalue weighted by molar-refractivity contribution is 0.266. The molecule has 0 bridgehead atoms. The zero-order valence-corrected chi connectivity index (χ0v) is 11.8. The highest BCUT2D eigenvalue weighted by molar-refractivity contribution is 5.51. The van der Waals surface area contributed by atoms with Crippen molar-refractivity contribution in [2.45, 2.75) is 6.61 Å². The van der Waals surface area contributed by atoms with E-state index in [1.165, 1.54) is 0 Å². The van der Waals surface area contributed by atoms with Crippen molar-refractivity contribution in [3.63, 3.8) is 0 Å². The van der Waals surface area contributed by atoms with E-state index in [0.717, 1.165) is 11.4 Å². The lowest BCUT2D eigenvalue weighted by atomic mass is 10.2. The van der Waals surface area contributed by atoms with Gasteiger partial charge >= 0.3 is 0 Å². The van der Waals surface area contributed by atoms with Crippen LogP contribution in [0, 0.1) is 0 Å². The number of hydrogen-bond donors (Lipinski definition) is 1. The lowest BCUT2D eigenvalue weighted by Gasteiger charge is -2.14. The SMILES string of the molecule is CNc1cc(COc2c(OC)cccc2OC)ccn1.